The minimum atomic E-state index is -0.667. The van der Waals surface area contributed by atoms with Crippen molar-refractivity contribution in [2.75, 3.05) is 32.6 Å². The van der Waals surface area contributed by atoms with Crippen molar-refractivity contribution in [3.8, 4) is 5.75 Å². The van der Waals surface area contributed by atoms with Gasteiger partial charge < -0.3 is 19.9 Å². The SMILES string of the molecule is CCOc1ccc(SCC(=O)NCC(O)COC)cc1. The zero-order valence-corrected chi connectivity index (χ0v) is 12.6. The maximum atomic E-state index is 11.6. The molecule has 112 valence electrons. The van der Waals surface area contributed by atoms with Crippen molar-refractivity contribution in [3.63, 3.8) is 0 Å². The summed E-state index contributed by atoms with van der Waals surface area (Å²) < 4.78 is 10.1. The predicted octanol–water partition coefficient (Wildman–Crippen LogP) is 1.30. The summed E-state index contributed by atoms with van der Waals surface area (Å²) in [4.78, 5) is 12.6. The maximum absolute atomic E-state index is 11.6. The molecule has 1 aromatic carbocycles. The first-order valence-electron chi connectivity index (χ1n) is 6.45. The standard InChI is InChI=1S/C14H21NO4S/c1-3-19-12-4-6-13(7-5-12)20-10-14(17)15-8-11(16)9-18-2/h4-7,11,16H,3,8-10H2,1-2H3,(H,15,17). The van der Waals surface area contributed by atoms with E-state index in [-0.39, 0.29) is 19.1 Å². The van der Waals surface area contributed by atoms with E-state index in [1.165, 1.54) is 18.9 Å². The van der Waals surface area contributed by atoms with Crippen molar-refractivity contribution in [1.82, 2.24) is 5.32 Å². The van der Waals surface area contributed by atoms with Gasteiger partial charge in [-0.05, 0) is 31.2 Å². The molecule has 1 atom stereocenters. The second kappa shape index (κ2) is 9.63. The molecular weight excluding hydrogens is 278 g/mol. The molecule has 0 aliphatic rings. The Kier molecular flexibility index (Phi) is 8.10. The van der Waals surface area contributed by atoms with Crippen LogP contribution >= 0.6 is 11.8 Å². The van der Waals surface area contributed by atoms with Gasteiger partial charge in [-0.1, -0.05) is 0 Å². The van der Waals surface area contributed by atoms with E-state index in [4.69, 9.17) is 9.47 Å². The summed E-state index contributed by atoms with van der Waals surface area (Å²) in [7, 11) is 1.51. The lowest BCUT2D eigenvalue weighted by atomic mass is 10.3. The van der Waals surface area contributed by atoms with Gasteiger partial charge in [-0.25, -0.2) is 0 Å². The minimum absolute atomic E-state index is 0.112. The summed E-state index contributed by atoms with van der Waals surface area (Å²) in [6, 6.07) is 7.60. The predicted molar refractivity (Wildman–Crippen MR) is 79.2 cm³/mol. The lowest BCUT2D eigenvalue weighted by Gasteiger charge is -2.10. The van der Waals surface area contributed by atoms with Crippen LogP contribution in [0.15, 0.2) is 29.2 Å². The monoisotopic (exact) mass is 299 g/mol. The van der Waals surface area contributed by atoms with Crippen LogP contribution in [-0.2, 0) is 9.53 Å². The summed E-state index contributed by atoms with van der Waals surface area (Å²) >= 11 is 1.44. The molecule has 0 aliphatic heterocycles. The molecule has 1 rings (SSSR count). The van der Waals surface area contributed by atoms with Gasteiger partial charge in [-0.2, -0.15) is 0 Å². The van der Waals surface area contributed by atoms with Gasteiger partial charge in [-0.15, -0.1) is 11.8 Å². The molecule has 0 aromatic heterocycles. The van der Waals surface area contributed by atoms with E-state index >= 15 is 0 Å². The van der Waals surface area contributed by atoms with E-state index in [1.807, 2.05) is 31.2 Å². The number of methoxy groups -OCH3 is 1. The molecule has 0 heterocycles. The number of carbonyl (C=O) groups is 1. The van der Waals surface area contributed by atoms with Gasteiger partial charge in [-0.3, -0.25) is 4.79 Å². The first-order chi connectivity index (χ1) is 9.65. The number of hydrogen-bond donors (Lipinski definition) is 2. The van der Waals surface area contributed by atoms with Gasteiger partial charge in [0, 0.05) is 18.6 Å². The fraction of sp³-hybridized carbons (Fsp3) is 0.500. The number of nitrogens with one attached hydrogen (secondary N) is 1. The zero-order chi connectivity index (χ0) is 14.8. The Hall–Kier alpha value is -1.24. The highest BCUT2D eigenvalue weighted by atomic mass is 32.2. The number of aliphatic hydroxyl groups excluding tert-OH is 1. The van der Waals surface area contributed by atoms with Crippen LogP contribution in [0.4, 0.5) is 0 Å². The quantitative estimate of drug-likeness (QED) is 0.673. The number of benzene rings is 1. The Morgan fingerprint density at radius 2 is 2.10 bits per heavy atom. The molecule has 0 saturated carbocycles. The highest BCUT2D eigenvalue weighted by Gasteiger charge is 2.07. The number of thioether (sulfide) groups is 1. The van der Waals surface area contributed by atoms with Crippen molar-refractivity contribution >= 4 is 17.7 Å². The van der Waals surface area contributed by atoms with E-state index in [0.29, 0.717) is 12.4 Å². The number of rotatable bonds is 9. The molecule has 0 bridgehead atoms. The fourth-order valence-electron chi connectivity index (χ4n) is 1.48. The molecule has 0 spiro atoms. The highest BCUT2D eigenvalue weighted by molar-refractivity contribution is 8.00. The van der Waals surface area contributed by atoms with Crippen LogP contribution < -0.4 is 10.1 Å². The molecule has 2 N–H and O–H groups in total. The zero-order valence-electron chi connectivity index (χ0n) is 11.8. The van der Waals surface area contributed by atoms with Crippen LogP contribution in [0, 0.1) is 0 Å². The largest absolute Gasteiger partial charge is 0.494 e. The molecule has 20 heavy (non-hydrogen) atoms. The molecule has 0 saturated heterocycles. The smallest absolute Gasteiger partial charge is 0.230 e. The van der Waals surface area contributed by atoms with E-state index in [0.717, 1.165) is 10.6 Å². The van der Waals surface area contributed by atoms with Crippen molar-refractivity contribution in [2.24, 2.45) is 0 Å². The number of carbonyl (C=O) groups excluding carboxylic acids is 1. The van der Waals surface area contributed by atoms with E-state index in [1.54, 1.807) is 0 Å². The molecule has 1 amide bonds. The van der Waals surface area contributed by atoms with Crippen molar-refractivity contribution in [2.45, 2.75) is 17.9 Å². The third-order valence-electron chi connectivity index (χ3n) is 2.40. The minimum Gasteiger partial charge on any atom is -0.494 e. The molecule has 1 aromatic rings. The van der Waals surface area contributed by atoms with Gasteiger partial charge in [0.1, 0.15) is 5.75 Å². The Bertz CT molecular complexity index is 397. The molecule has 0 fully saturated rings. The van der Waals surface area contributed by atoms with Gasteiger partial charge in [0.2, 0.25) is 5.91 Å². The molecule has 5 nitrogen and oxygen atoms in total. The Balaban J connectivity index is 2.26. The molecular formula is C14H21NO4S. The molecule has 1 unspecified atom stereocenters. The van der Waals surface area contributed by atoms with Crippen molar-refractivity contribution < 1.29 is 19.4 Å². The summed E-state index contributed by atoms with van der Waals surface area (Å²) in [5.41, 5.74) is 0. The van der Waals surface area contributed by atoms with Gasteiger partial charge in [0.25, 0.3) is 0 Å². The summed E-state index contributed by atoms with van der Waals surface area (Å²) in [6.45, 7) is 2.99. The highest BCUT2D eigenvalue weighted by Crippen LogP contribution is 2.21. The average molecular weight is 299 g/mol. The summed E-state index contributed by atoms with van der Waals surface area (Å²) in [5.74, 6) is 1.02. The van der Waals surface area contributed by atoms with Crippen LogP contribution in [0.25, 0.3) is 0 Å². The van der Waals surface area contributed by atoms with Crippen LogP contribution in [0.1, 0.15) is 6.92 Å². The molecule has 0 aliphatic carbocycles. The maximum Gasteiger partial charge on any atom is 0.230 e. The molecule has 0 radical (unpaired) electrons. The molecule has 6 heteroatoms. The summed E-state index contributed by atoms with van der Waals surface area (Å²) in [5, 5.41) is 12.1. The number of ether oxygens (including phenoxy) is 2. The Morgan fingerprint density at radius 3 is 2.70 bits per heavy atom. The number of amides is 1. The third kappa shape index (κ3) is 6.79. The van der Waals surface area contributed by atoms with E-state index in [2.05, 4.69) is 5.32 Å². The lowest BCUT2D eigenvalue weighted by molar-refractivity contribution is -0.119. The third-order valence-corrected chi connectivity index (χ3v) is 3.41. The number of aliphatic hydroxyl groups is 1. The fourth-order valence-corrected chi connectivity index (χ4v) is 2.21. The van der Waals surface area contributed by atoms with Gasteiger partial charge >= 0.3 is 0 Å². The summed E-state index contributed by atoms with van der Waals surface area (Å²) in [6.07, 6.45) is -0.667. The van der Waals surface area contributed by atoms with Crippen molar-refractivity contribution in [1.29, 1.82) is 0 Å². The lowest BCUT2D eigenvalue weighted by Crippen LogP contribution is -2.35. The van der Waals surface area contributed by atoms with Crippen LogP contribution in [0.5, 0.6) is 5.75 Å². The van der Waals surface area contributed by atoms with E-state index in [9.17, 15) is 9.90 Å². The van der Waals surface area contributed by atoms with Crippen molar-refractivity contribution in [3.05, 3.63) is 24.3 Å². The Morgan fingerprint density at radius 1 is 1.40 bits per heavy atom. The Labute approximate surface area is 123 Å². The first-order valence-corrected chi connectivity index (χ1v) is 7.43. The average Bonchev–Trinajstić information content (AvgIpc) is 2.45. The van der Waals surface area contributed by atoms with Crippen LogP contribution in [-0.4, -0.2) is 49.7 Å². The van der Waals surface area contributed by atoms with E-state index < -0.39 is 6.10 Å². The topological polar surface area (TPSA) is 67.8 Å². The second-order valence-electron chi connectivity index (χ2n) is 4.11. The van der Waals surface area contributed by atoms with Crippen LogP contribution in [0.2, 0.25) is 0 Å². The normalized spacial score (nSPS) is 11.9. The second-order valence-corrected chi connectivity index (χ2v) is 5.16. The van der Waals surface area contributed by atoms with Crippen LogP contribution in [0.3, 0.4) is 0 Å². The number of hydrogen-bond acceptors (Lipinski definition) is 5. The van der Waals surface area contributed by atoms with Gasteiger partial charge in [0.15, 0.2) is 0 Å². The first kappa shape index (κ1) is 16.8. The van der Waals surface area contributed by atoms with Gasteiger partial charge in [0.05, 0.1) is 25.1 Å².